The number of fused-ring (bicyclic) bond motifs is 1. The van der Waals surface area contributed by atoms with Gasteiger partial charge in [-0.15, -0.1) is 5.53 Å². The minimum atomic E-state index is -1.42. The third-order valence-corrected chi connectivity index (χ3v) is 7.71. The molecule has 12 heteroatoms. The van der Waals surface area contributed by atoms with Crippen molar-refractivity contribution < 1.29 is 4.39 Å². The second-order valence-corrected chi connectivity index (χ2v) is 10.7. The van der Waals surface area contributed by atoms with E-state index in [4.69, 9.17) is 19.4 Å². The van der Waals surface area contributed by atoms with Gasteiger partial charge in [-0.2, -0.15) is 10.5 Å². The van der Waals surface area contributed by atoms with E-state index < -0.39 is 17.3 Å². The van der Waals surface area contributed by atoms with Gasteiger partial charge in [0.25, 0.3) is 0 Å². The van der Waals surface area contributed by atoms with Crippen molar-refractivity contribution in [2.75, 3.05) is 15.6 Å². The van der Waals surface area contributed by atoms with Crippen molar-refractivity contribution in [1.29, 1.82) is 10.5 Å². The van der Waals surface area contributed by atoms with E-state index >= 15 is 0 Å². The first-order chi connectivity index (χ1) is 21.9. The molecule has 9 nitrogen and oxygen atoms in total. The maximum absolute atomic E-state index is 14.0. The minimum absolute atomic E-state index is 0.154. The first-order valence-electron chi connectivity index (χ1n) is 13.9. The van der Waals surface area contributed by atoms with Crippen molar-refractivity contribution in [2.45, 2.75) is 17.9 Å². The Morgan fingerprint density at radius 1 is 1.04 bits per heavy atom. The highest BCUT2D eigenvalue weighted by Crippen LogP contribution is 2.38. The number of halogens is 2. The SMILES string of the molecule is [B]C(Nc1cc(Cl)c2ncc(C#N)c(NC(CC#N)c3ccccc3)c2c1)(C1=CN(c2cccnc2)NN1)c1ccc(F)cc1. The normalized spacial score (nSPS) is 14.4. The average molecular weight is 612 g/mol. The van der Waals surface area contributed by atoms with E-state index in [1.54, 1.807) is 47.9 Å². The summed E-state index contributed by atoms with van der Waals surface area (Å²) >= 11 is 6.79. The Labute approximate surface area is 265 Å². The number of nitrogens with zero attached hydrogens (tertiary/aromatic N) is 5. The number of nitrogens with one attached hydrogen (secondary N) is 4. The monoisotopic (exact) mass is 611 g/mol. The van der Waals surface area contributed by atoms with Crippen LogP contribution in [0.5, 0.6) is 0 Å². The first-order valence-corrected chi connectivity index (χ1v) is 14.2. The maximum atomic E-state index is 14.0. The predicted octanol–water partition coefficient (Wildman–Crippen LogP) is 6.17. The van der Waals surface area contributed by atoms with Crippen molar-refractivity contribution in [2.24, 2.45) is 0 Å². The van der Waals surface area contributed by atoms with Crippen LogP contribution in [0.25, 0.3) is 10.9 Å². The van der Waals surface area contributed by atoms with Crippen LogP contribution in [0.15, 0.2) is 109 Å². The molecule has 0 bridgehead atoms. The number of anilines is 3. The number of pyridine rings is 2. The topological polar surface area (TPSA) is 125 Å². The van der Waals surface area contributed by atoms with Gasteiger partial charge in [-0.3, -0.25) is 15.0 Å². The quantitative estimate of drug-likeness (QED) is 0.145. The molecule has 45 heavy (non-hydrogen) atoms. The van der Waals surface area contributed by atoms with E-state index in [1.807, 2.05) is 42.5 Å². The first kappa shape index (κ1) is 29.5. The lowest BCUT2D eigenvalue weighted by Gasteiger charge is -2.34. The summed E-state index contributed by atoms with van der Waals surface area (Å²) in [6, 6.07) is 26.5. The summed E-state index contributed by atoms with van der Waals surface area (Å²) in [6.45, 7) is 0. The highest BCUT2D eigenvalue weighted by molar-refractivity contribution is 6.36. The third-order valence-electron chi connectivity index (χ3n) is 7.42. The van der Waals surface area contributed by atoms with Gasteiger partial charge < -0.3 is 16.1 Å². The summed E-state index contributed by atoms with van der Waals surface area (Å²) in [4.78, 5) is 8.63. The number of benzene rings is 3. The zero-order chi connectivity index (χ0) is 31.4. The van der Waals surface area contributed by atoms with Gasteiger partial charge in [-0.25, -0.2) is 4.39 Å². The van der Waals surface area contributed by atoms with E-state index in [0.29, 0.717) is 38.6 Å². The smallest absolute Gasteiger partial charge is 0.123 e. The molecular formula is C33H24BClFN9. The van der Waals surface area contributed by atoms with Crippen LogP contribution in [0, 0.1) is 28.5 Å². The molecule has 3 heterocycles. The molecule has 0 spiro atoms. The third kappa shape index (κ3) is 5.95. The predicted molar refractivity (Wildman–Crippen MR) is 173 cm³/mol. The Bertz CT molecular complexity index is 1960. The number of hydrazine groups is 2. The van der Waals surface area contributed by atoms with Crippen molar-refractivity contribution in [3.63, 3.8) is 0 Å². The fourth-order valence-corrected chi connectivity index (χ4v) is 5.43. The number of aromatic nitrogens is 2. The van der Waals surface area contributed by atoms with Gasteiger partial charge in [0.1, 0.15) is 19.7 Å². The zero-order valence-corrected chi connectivity index (χ0v) is 24.4. The van der Waals surface area contributed by atoms with Crippen LogP contribution in [-0.4, -0.2) is 17.8 Å². The Morgan fingerprint density at radius 2 is 1.84 bits per heavy atom. The number of rotatable bonds is 9. The molecule has 5 aromatic rings. The van der Waals surface area contributed by atoms with Gasteiger partial charge in [0, 0.05) is 29.7 Å². The highest BCUT2D eigenvalue weighted by Gasteiger charge is 2.34. The van der Waals surface area contributed by atoms with E-state index in [9.17, 15) is 14.9 Å². The van der Waals surface area contributed by atoms with Gasteiger partial charge in [0.2, 0.25) is 0 Å². The molecule has 2 unspecified atom stereocenters. The molecule has 2 atom stereocenters. The van der Waals surface area contributed by atoms with Gasteiger partial charge in [0.15, 0.2) is 0 Å². The number of hydrogen-bond donors (Lipinski definition) is 4. The van der Waals surface area contributed by atoms with Crippen molar-refractivity contribution in [3.05, 3.63) is 137 Å². The van der Waals surface area contributed by atoms with Crippen molar-refractivity contribution in [1.82, 2.24) is 20.9 Å². The molecule has 0 fully saturated rings. The molecule has 6 rings (SSSR count). The van der Waals surface area contributed by atoms with Crippen LogP contribution in [0.1, 0.15) is 29.2 Å². The number of nitriles is 2. The minimum Gasteiger partial charge on any atom is -0.378 e. The summed E-state index contributed by atoms with van der Waals surface area (Å²) in [5.74, 6) is -0.408. The molecule has 0 saturated carbocycles. The molecule has 0 aliphatic carbocycles. The Hall–Kier alpha value is -5.62. The molecule has 1 aliphatic rings. The second kappa shape index (κ2) is 12.5. The summed E-state index contributed by atoms with van der Waals surface area (Å²) in [5, 5.41) is 29.0. The van der Waals surface area contributed by atoms with E-state index in [-0.39, 0.29) is 12.0 Å². The zero-order valence-electron chi connectivity index (χ0n) is 23.7. The van der Waals surface area contributed by atoms with Gasteiger partial charge in [-0.05, 0) is 47.5 Å². The largest absolute Gasteiger partial charge is 0.378 e. The molecule has 3 aromatic carbocycles. The molecule has 2 radical (unpaired) electrons. The maximum Gasteiger partial charge on any atom is 0.123 e. The van der Waals surface area contributed by atoms with E-state index in [2.05, 4.69) is 43.7 Å². The lowest BCUT2D eigenvalue weighted by Crippen LogP contribution is -2.45. The van der Waals surface area contributed by atoms with Crippen molar-refractivity contribution >= 4 is 47.4 Å². The number of hydrogen-bond acceptors (Lipinski definition) is 9. The van der Waals surface area contributed by atoms with E-state index in [0.717, 1.165) is 11.3 Å². The van der Waals surface area contributed by atoms with Gasteiger partial charge >= 0.3 is 0 Å². The van der Waals surface area contributed by atoms with Crippen LogP contribution in [0.3, 0.4) is 0 Å². The summed E-state index contributed by atoms with van der Waals surface area (Å²) in [7, 11) is 7.12. The summed E-state index contributed by atoms with van der Waals surface area (Å²) < 4.78 is 14.0. The Kier molecular flexibility index (Phi) is 8.21. The van der Waals surface area contributed by atoms with Crippen molar-refractivity contribution in [3.8, 4) is 12.1 Å². The molecule has 2 aromatic heterocycles. The standard InChI is InChI=1S/C33H24BClFN9/c34-33(23-8-10-24(36)11-9-23,30-20-45(44-43-30)26-7-4-14-39-19-26)42-25-15-27-31(22(17-38)18-40-32(27)28(35)16-25)41-29(12-13-37)21-5-2-1-3-6-21/h1-11,14-16,18-20,29,42-44H,12H2,(H,40,41). The van der Waals surface area contributed by atoms with Crippen LogP contribution in [-0.2, 0) is 5.44 Å². The fourth-order valence-electron chi connectivity index (χ4n) is 5.16. The fraction of sp³-hybridized carbons (Fsp3) is 0.0909. The van der Waals surface area contributed by atoms with Crippen LogP contribution < -0.4 is 26.6 Å². The summed E-state index contributed by atoms with van der Waals surface area (Å²) in [5.41, 5.74) is 9.17. The van der Waals surface area contributed by atoms with Crippen LogP contribution in [0.2, 0.25) is 5.02 Å². The highest BCUT2D eigenvalue weighted by atomic mass is 35.5. The Morgan fingerprint density at radius 3 is 2.56 bits per heavy atom. The van der Waals surface area contributed by atoms with Gasteiger partial charge in [0.05, 0.1) is 63.3 Å². The Balaban J connectivity index is 1.45. The lowest BCUT2D eigenvalue weighted by molar-refractivity contribution is 0.607. The molecule has 0 saturated heterocycles. The second-order valence-electron chi connectivity index (χ2n) is 10.3. The van der Waals surface area contributed by atoms with Crippen LogP contribution in [0.4, 0.5) is 21.5 Å². The van der Waals surface area contributed by atoms with Gasteiger partial charge in [-0.1, -0.05) is 54.1 Å². The summed E-state index contributed by atoms with van der Waals surface area (Å²) in [6.07, 6.45) is 6.73. The molecule has 4 N–H and O–H groups in total. The lowest BCUT2D eigenvalue weighted by atomic mass is 9.69. The van der Waals surface area contributed by atoms with Crippen LogP contribution >= 0.6 is 11.6 Å². The molecule has 218 valence electrons. The molecular weight excluding hydrogens is 588 g/mol. The average Bonchev–Trinajstić information content (AvgIpc) is 3.57. The van der Waals surface area contributed by atoms with E-state index in [1.165, 1.54) is 18.3 Å². The molecule has 0 amide bonds. The molecule has 1 aliphatic heterocycles.